The minimum Gasteiger partial charge on any atom is -0.400 e. The van der Waals surface area contributed by atoms with Gasteiger partial charge in [0.25, 0.3) is 0 Å². The third kappa shape index (κ3) is 62.0. The van der Waals surface area contributed by atoms with Crippen molar-refractivity contribution in [3.63, 3.8) is 0 Å². The van der Waals surface area contributed by atoms with E-state index in [0.717, 1.165) is 7.11 Å². The van der Waals surface area contributed by atoms with Crippen LogP contribution in [-0.4, -0.2) is 29.7 Å². The van der Waals surface area contributed by atoms with Gasteiger partial charge in [0.15, 0.2) is 0 Å². The van der Waals surface area contributed by atoms with Crippen molar-refractivity contribution >= 4 is 5.78 Å². The van der Waals surface area contributed by atoms with Crippen molar-refractivity contribution < 1.29 is 15.0 Å². The highest BCUT2D eigenvalue weighted by Gasteiger charge is 1.75. The number of benzene rings is 1. The van der Waals surface area contributed by atoms with Gasteiger partial charge in [-0.2, -0.15) is 0 Å². The van der Waals surface area contributed by atoms with E-state index in [0.29, 0.717) is 0 Å². The van der Waals surface area contributed by atoms with Gasteiger partial charge in [0.1, 0.15) is 5.78 Å². The van der Waals surface area contributed by atoms with Crippen molar-refractivity contribution in [1.29, 1.82) is 0 Å². The summed E-state index contributed by atoms with van der Waals surface area (Å²) in [5.74, 6) is 0.167. The molecule has 1 aromatic rings. The second-order valence-corrected chi connectivity index (χ2v) is 4.59. The predicted octanol–water partition coefficient (Wildman–Crippen LogP) is 4.78. The minimum atomic E-state index is 0.167. The lowest BCUT2D eigenvalue weighted by Crippen LogP contribution is -1.69. The quantitative estimate of drug-likeness (QED) is 0.789. The fourth-order valence-electron chi connectivity index (χ4n) is 1.03. The molecule has 0 bridgehead atoms. The summed E-state index contributed by atoms with van der Waals surface area (Å²) in [6.45, 7) is 11.5. The Morgan fingerprint density at radius 3 is 1.32 bits per heavy atom. The molecule has 0 atom stereocenters. The number of hydrogen-bond acceptors (Lipinski definition) is 3. The van der Waals surface area contributed by atoms with Crippen LogP contribution in [0.5, 0.6) is 0 Å². The van der Waals surface area contributed by atoms with Gasteiger partial charge < -0.3 is 15.0 Å². The maximum Gasteiger partial charge on any atom is 0.126 e. The lowest BCUT2D eigenvalue weighted by Gasteiger charge is -1.86. The molecule has 0 amide bonds. The number of aliphatic hydroxyl groups is 2. The number of aryl methyl sites for hydroxylation is 1. The first kappa shape index (κ1) is 28.9. The Labute approximate surface area is 138 Å². The first-order valence-corrected chi connectivity index (χ1v) is 8.00. The van der Waals surface area contributed by atoms with E-state index in [1.54, 1.807) is 6.92 Å². The Bertz CT molecular complexity index is 263. The summed E-state index contributed by atoms with van der Waals surface area (Å²) in [5, 5.41) is 14.6. The van der Waals surface area contributed by atoms with Gasteiger partial charge in [-0.05, 0) is 27.7 Å². The fraction of sp³-hybridized carbons (Fsp3) is 0.632. The zero-order valence-corrected chi connectivity index (χ0v) is 15.7. The van der Waals surface area contributed by atoms with Gasteiger partial charge in [0.05, 0.1) is 0 Å². The number of hydrogen-bond donors (Lipinski definition) is 2. The topological polar surface area (TPSA) is 57.5 Å². The third-order valence-corrected chi connectivity index (χ3v) is 1.90. The Morgan fingerprint density at radius 2 is 1.18 bits per heavy atom. The first-order chi connectivity index (χ1) is 10.5. The Balaban J connectivity index is -0.0000000991. The molecule has 132 valence electrons. The number of ketones is 1. The van der Waals surface area contributed by atoms with E-state index in [9.17, 15) is 4.79 Å². The van der Waals surface area contributed by atoms with Crippen LogP contribution in [0.25, 0.3) is 0 Å². The maximum absolute atomic E-state index is 9.44. The molecule has 0 fully saturated rings. The Morgan fingerprint density at radius 1 is 0.909 bits per heavy atom. The molecule has 0 aliphatic heterocycles. The van der Waals surface area contributed by atoms with Crippen LogP contribution in [0.2, 0.25) is 0 Å². The van der Waals surface area contributed by atoms with Crippen molar-refractivity contribution in [2.24, 2.45) is 0 Å². The van der Waals surface area contributed by atoms with E-state index >= 15 is 0 Å². The zero-order valence-electron chi connectivity index (χ0n) is 15.7. The van der Waals surface area contributed by atoms with Crippen LogP contribution < -0.4 is 0 Å². The lowest BCUT2D eigenvalue weighted by atomic mass is 10.2. The van der Waals surface area contributed by atoms with E-state index in [-0.39, 0.29) is 12.4 Å². The number of unbranched alkanes of at least 4 members (excludes halogenated alkanes) is 3. The van der Waals surface area contributed by atoms with Crippen LogP contribution in [0, 0.1) is 6.92 Å². The molecular formula is C19H38O3. The lowest BCUT2D eigenvalue weighted by molar-refractivity contribution is -0.114. The molecule has 1 aromatic carbocycles. The number of carbonyl (C=O) groups is 1. The van der Waals surface area contributed by atoms with Crippen LogP contribution in [0.3, 0.4) is 0 Å². The maximum atomic E-state index is 9.44. The molecule has 0 radical (unpaired) electrons. The van der Waals surface area contributed by atoms with Crippen molar-refractivity contribution in [3.05, 3.63) is 35.9 Å². The average molecular weight is 315 g/mol. The molecule has 0 aliphatic rings. The van der Waals surface area contributed by atoms with Crippen LogP contribution >= 0.6 is 0 Å². The molecule has 0 saturated heterocycles. The summed E-state index contributed by atoms with van der Waals surface area (Å²) in [6, 6.07) is 10.3. The number of aliphatic hydroxyl groups excluding tert-OH is 2. The van der Waals surface area contributed by atoms with Crippen LogP contribution in [0.4, 0.5) is 0 Å². The Hall–Kier alpha value is -1.19. The summed E-state index contributed by atoms with van der Waals surface area (Å²) < 4.78 is 0. The molecule has 0 heterocycles. The van der Waals surface area contributed by atoms with Crippen LogP contribution in [-0.2, 0) is 4.79 Å². The van der Waals surface area contributed by atoms with Crippen LogP contribution in [0.1, 0.15) is 65.9 Å². The highest BCUT2D eigenvalue weighted by Crippen LogP contribution is 1.95. The molecule has 22 heavy (non-hydrogen) atoms. The summed E-state index contributed by atoms with van der Waals surface area (Å²) >= 11 is 0. The highest BCUT2D eigenvalue weighted by molar-refractivity contribution is 5.72. The summed E-state index contributed by atoms with van der Waals surface area (Å²) in [5.41, 5.74) is 1.32. The Kier molecular flexibility index (Phi) is 42.0. The standard InChI is InChI=1S/C7H8.C6H14.C3H6O.C2H6O.CH4O/c1-7-5-3-2-4-6-7;1-3-5-6-4-2;1-3(2)4;1-2-3;1-2/h2-6H,1H3;3-6H2,1-2H3;1-2H3;3H,2H2,1H3;2H,1H3. The summed E-state index contributed by atoms with van der Waals surface area (Å²) in [6.07, 6.45) is 5.54. The van der Waals surface area contributed by atoms with E-state index in [2.05, 4.69) is 32.9 Å². The van der Waals surface area contributed by atoms with E-state index in [1.165, 1.54) is 45.1 Å². The van der Waals surface area contributed by atoms with Gasteiger partial charge >= 0.3 is 0 Å². The molecule has 3 nitrogen and oxygen atoms in total. The van der Waals surface area contributed by atoms with Gasteiger partial charge in [-0.1, -0.05) is 75.4 Å². The normalized spacial score (nSPS) is 7.50. The highest BCUT2D eigenvalue weighted by atomic mass is 16.2. The summed E-state index contributed by atoms with van der Waals surface area (Å²) in [7, 11) is 1.00. The van der Waals surface area contributed by atoms with E-state index in [4.69, 9.17) is 10.2 Å². The molecule has 3 heteroatoms. The van der Waals surface area contributed by atoms with Crippen LogP contribution in [0.15, 0.2) is 30.3 Å². The summed E-state index contributed by atoms with van der Waals surface area (Å²) in [4.78, 5) is 9.44. The van der Waals surface area contributed by atoms with Gasteiger partial charge in [-0.15, -0.1) is 0 Å². The third-order valence-electron chi connectivity index (χ3n) is 1.90. The second-order valence-electron chi connectivity index (χ2n) is 4.59. The fourth-order valence-corrected chi connectivity index (χ4v) is 1.03. The SMILES string of the molecule is CC(C)=O.CCCCCC.CCO.CO.Cc1ccccc1. The molecule has 1 rings (SSSR count). The second kappa shape index (κ2) is 32.0. The van der Waals surface area contributed by atoms with E-state index < -0.39 is 0 Å². The first-order valence-electron chi connectivity index (χ1n) is 8.00. The molecular weight excluding hydrogens is 276 g/mol. The largest absolute Gasteiger partial charge is 0.400 e. The zero-order chi connectivity index (χ0) is 18.2. The molecule has 0 unspecified atom stereocenters. The monoisotopic (exact) mass is 314 g/mol. The van der Waals surface area contributed by atoms with E-state index in [1.807, 2.05) is 18.2 Å². The number of Topliss-reactive ketones (excluding diaryl/α,β-unsaturated/α-hetero) is 1. The number of carbonyl (C=O) groups excluding carboxylic acids is 1. The van der Waals surface area contributed by atoms with Crippen molar-refractivity contribution in [2.75, 3.05) is 13.7 Å². The average Bonchev–Trinajstić information content (AvgIpc) is 2.49. The molecule has 0 aromatic heterocycles. The number of rotatable bonds is 3. The molecule has 0 saturated carbocycles. The predicted molar refractivity (Wildman–Crippen MR) is 98.3 cm³/mol. The van der Waals surface area contributed by atoms with Crippen molar-refractivity contribution in [2.45, 2.75) is 67.2 Å². The molecule has 0 spiro atoms. The van der Waals surface area contributed by atoms with Crippen molar-refractivity contribution in [3.8, 4) is 0 Å². The molecule has 0 aliphatic carbocycles. The van der Waals surface area contributed by atoms with Gasteiger partial charge in [-0.3, -0.25) is 0 Å². The van der Waals surface area contributed by atoms with Gasteiger partial charge in [-0.25, -0.2) is 0 Å². The van der Waals surface area contributed by atoms with Crippen molar-refractivity contribution in [1.82, 2.24) is 0 Å². The minimum absolute atomic E-state index is 0.167. The smallest absolute Gasteiger partial charge is 0.126 e. The van der Waals surface area contributed by atoms with Gasteiger partial charge in [0.2, 0.25) is 0 Å². The molecule has 2 N–H and O–H groups in total. The van der Waals surface area contributed by atoms with Gasteiger partial charge in [0, 0.05) is 13.7 Å².